The summed E-state index contributed by atoms with van der Waals surface area (Å²) in [6.07, 6.45) is 0. The molecule has 28 heavy (non-hydrogen) atoms. The standard InChI is InChI=1S/C19H20ClN3O5/c1-11-16(20)12(2)23(21-11)15-8-6-5-7-14(15)22-10-28-9-13(18(24)26-3)17(22)19(25)27-4/h5-8H,9-10H2,1-4H3. The van der Waals surface area contributed by atoms with Gasteiger partial charge >= 0.3 is 11.9 Å². The average molecular weight is 406 g/mol. The van der Waals surface area contributed by atoms with E-state index in [4.69, 9.17) is 25.8 Å². The van der Waals surface area contributed by atoms with Crippen molar-refractivity contribution < 1.29 is 23.8 Å². The van der Waals surface area contributed by atoms with Crippen LogP contribution < -0.4 is 4.90 Å². The number of benzene rings is 1. The van der Waals surface area contributed by atoms with Crippen LogP contribution >= 0.6 is 11.6 Å². The summed E-state index contributed by atoms with van der Waals surface area (Å²) in [5.41, 5.74) is 2.86. The largest absolute Gasteiger partial charge is 0.466 e. The van der Waals surface area contributed by atoms with Crippen LogP contribution in [0.15, 0.2) is 35.5 Å². The summed E-state index contributed by atoms with van der Waals surface area (Å²) in [4.78, 5) is 26.3. The average Bonchev–Trinajstić information content (AvgIpc) is 2.99. The van der Waals surface area contributed by atoms with Crippen molar-refractivity contribution in [3.8, 4) is 5.69 Å². The van der Waals surface area contributed by atoms with Crippen molar-refractivity contribution in [2.24, 2.45) is 0 Å². The zero-order valence-electron chi connectivity index (χ0n) is 16.0. The number of anilines is 1. The maximum absolute atomic E-state index is 12.5. The zero-order chi connectivity index (χ0) is 20.4. The second kappa shape index (κ2) is 8.04. The lowest BCUT2D eigenvalue weighted by molar-refractivity contribution is -0.140. The molecule has 2 heterocycles. The lowest BCUT2D eigenvalue weighted by atomic mass is 10.1. The third-order valence-corrected chi connectivity index (χ3v) is 4.98. The fourth-order valence-corrected chi connectivity index (χ4v) is 3.18. The van der Waals surface area contributed by atoms with Gasteiger partial charge in [-0.15, -0.1) is 0 Å². The molecule has 1 aromatic heterocycles. The summed E-state index contributed by atoms with van der Waals surface area (Å²) < 4.78 is 17.0. The van der Waals surface area contributed by atoms with Crippen LogP contribution in [0.2, 0.25) is 5.02 Å². The summed E-state index contributed by atoms with van der Waals surface area (Å²) in [6.45, 7) is 3.66. The number of halogens is 1. The molecule has 0 bridgehead atoms. The summed E-state index contributed by atoms with van der Waals surface area (Å²) >= 11 is 6.31. The van der Waals surface area contributed by atoms with Gasteiger partial charge in [-0.1, -0.05) is 23.7 Å². The number of hydrogen-bond donors (Lipinski definition) is 0. The van der Waals surface area contributed by atoms with Crippen LogP contribution in [0.3, 0.4) is 0 Å². The first-order valence-electron chi connectivity index (χ1n) is 8.46. The number of methoxy groups -OCH3 is 2. The highest BCUT2D eigenvalue weighted by atomic mass is 35.5. The Labute approximate surface area is 167 Å². The molecule has 0 atom stereocenters. The van der Waals surface area contributed by atoms with Gasteiger partial charge in [0, 0.05) is 0 Å². The number of hydrogen-bond acceptors (Lipinski definition) is 7. The van der Waals surface area contributed by atoms with E-state index >= 15 is 0 Å². The minimum absolute atomic E-state index is 0.0506. The highest BCUT2D eigenvalue weighted by Gasteiger charge is 2.33. The van der Waals surface area contributed by atoms with Crippen molar-refractivity contribution in [3.63, 3.8) is 0 Å². The van der Waals surface area contributed by atoms with Gasteiger partial charge in [0.05, 0.1) is 54.2 Å². The highest BCUT2D eigenvalue weighted by Crippen LogP contribution is 2.33. The molecule has 0 spiro atoms. The molecule has 148 valence electrons. The van der Waals surface area contributed by atoms with E-state index < -0.39 is 11.9 Å². The molecule has 2 aromatic rings. The van der Waals surface area contributed by atoms with E-state index in [1.165, 1.54) is 14.2 Å². The lowest BCUT2D eigenvalue weighted by Crippen LogP contribution is -2.39. The van der Waals surface area contributed by atoms with E-state index in [9.17, 15) is 9.59 Å². The molecule has 9 heteroatoms. The summed E-state index contributed by atoms with van der Waals surface area (Å²) in [5.74, 6) is -1.32. The predicted octanol–water partition coefficient (Wildman–Crippen LogP) is 2.54. The summed E-state index contributed by atoms with van der Waals surface area (Å²) in [7, 11) is 2.50. The van der Waals surface area contributed by atoms with Crippen LogP contribution in [0.5, 0.6) is 0 Å². The van der Waals surface area contributed by atoms with Crippen molar-refractivity contribution in [1.29, 1.82) is 0 Å². The Morgan fingerprint density at radius 1 is 1.11 bits per heavy atom. The smallest absolute Gasteiger partial charge is 0.355 e. The van der Waals surface area contributed by atoms with Crippen LogP contribution in [-0.4, -0.2) is 49.3 Å². The number of nitrogens with zero attached hydrogens (tertiary/aromatic N) is 3. The SMILES string of the molecule is COC(=O)C1=C(C(=O)OC)N(c2ccccc2-n2nc(C)c(Cl)c2C)COC1. The van der Waals surface area contributed by atoms with E-state index in [0.717, 1.165) is 5.69 Å². The van der Waals surface area contributed by atoms with Gasteiger partial charge in [-0.05, 0) is 26.0 Å². The first kappa shape index (κ1) is 19.9. The number of carbonyl (C=O) groups is 2. The fraction of sp³-hybridized carbons (Fsp3) is 0.316. The number of carbonyl (C=O) groups excluding carboxylic acids is 2. The molecule has 0 amide bonds. The number of aromatic nitrogens is 2. The maximum atomic E-state index is 12.5. The van der Waals surface area contributed by atoms with Crippen LogP contribution in [0.4, 0.5) is 5.69 Å². The van der Waals surface area contributed by atoms with E-state index in [0.29, 0.717) is 22.1 Å². The lowest BCUT2D eigenvalue weighted by Gasteiger charge is -2.32. The van der Waals surface area contributed by atoms with Gasteiger partial charge in [0.25, 0.3) is 0 Å². The molecule has 1 aliphatic heterocycles. The topological polar surface area (TPSA) is 82.9 Å². The second-order valence-electron chi connectivity index (χ2n) is 6.10. The minimum atomic E-state index is -0.662. The molecule has 0 N–H and O–H groups in total. The number of ether oxygens (including phenoxy) is 3. The number of para-hydroxylation sites is 2. The van der Waals surface area contributed by atoms with Crippen molar-refractivity contribution in [2.75, 3.05) is 32.5 Å². The Morgan fingerprint density at radius 3 is 2.32 bits per heavy atom. The second-order valence-corrected chi connectivity index (χ2v) is 6.48. The Bertz CT molecular complexity index is 966. The van der Waals surface area contributed by atoms with Gasteiger partial charge in [-0.3, -0.25) is 0 Å². The number of esters is 2. The van der Waals surface area contributed by atoms with E-state index in [1.54, 1.807) is 15.6 Å². The maximum Gasteiger partial charge on any atom is 0.355 e. The summed E-state index contributed by atoms with van der Waals surface area (Å²) in [5, 5.41) is 5.05. The molecule has 0 aliphatic carbocycles. The predicted molar refractivity (Wildman–Crippen MR) is 102 cm³/mol. The van der Waals surface area contributed by atoms with Crippen molar-refractivity contribution >= 4 is 29.2 Å². The van der Waals surface area contributed by atoms with Crippen LogP contribution in [0.1, 0.15) is 11.4 Å². The Morgan fingerprint density at radius 2 is 1.75 bits per heavy atom. The molecule has 8 nitrogen and oxygen atoms in total. The molecule has 0 saturated heterocycles. The van der Waals surface area contributed by atoms with Gasteiger partial charge in [-0.2, -0.15) is 5.10 Å². The molecule has 0 saturated carbocycles. The Hall–Kier alpha value is -2.84. The minimum Gasteiger partial charge on any atom is -0.466 e. The van der Waals surface area contributed by atoms with Crippen LogP contribution in [0, 0.1) is 13.8 Å². The Balaban J connectivity index is 2.21. The molecule has 0 unspecified atom stereocenters. The van der Waals surface area contributed by atoms with Crippen LogP contribution in [-0.2, 0) is 23.8 Å². The first-order chi connectivity index (χ1) is 13.4. The fourth-order valence-electron chi connectivity index (χ4n) is 3.06. The third kappa shape index (κ3) is 3.36. The molecule has 3 rings (SSSR count). The van der Waals surface area contributed by atoms with Crippen molar-refractivity contribution in [1.82, 2.24) is 9.78 Å². The number of aryl methyl sites for hydroxylation is 1. The third-order valence-electron chi connectivity index (χ3n) is 4.44. The molecular weight excluding hydrogens is 386 g/mol. The van der Waals surface area contributed by atoms with Crippen molar-refractivity contribution in [3.05, 3.63) is 51.9 Å². The van der Waals surface area contributed by atoms with Crippen molar-refractivity contribution in [2.45, 2.75) is 13.8 Å². The molecule has 0 radical (unpaired) electrons. The molecular formula is C19H20ClN3O5. The summed E-state index contributed by atoms with van der Waals surface area (Å²) in [6, 6.07) is 7.29. The molecule has 1 aliphatic rings. The van der Waals surface area contributed by atoms with Gasteiger partial charge < -0.3 is 19.1 Å². The highest BCUT2D eigenvalue weighted by molar-refractivity contribution is 6.31. The monoisotopic (exact) mass is 405 g/mol. The van der Waals surface area contributed by atoms with Crippen LogP contribution in [0.25, 0.3) is 5.69 Å². The zero-order valence-corrected chi connectivity index (χ0v) is 16.7. The molecule has 1 aromatic carbocycles. The normalized spacial score (nSPS) is 14.2. The van der Waals surface area contributed by atoms with E-state index in [1.807, 2.05) is 32.0 Å². The van der Waals surface area contributed by atoms with Gasteiger partial charge in [0.1, 0.15) is 12.4 Å². The molecule has 0 fully saturated rings. The first-order valence-corrected chi connectivity index (χ1v) is 8.84. The van der Waals surface area contributed by atoms with E-state index in [-0.39, 0.29) is 24.6 Å². The number of rotatable bonds is 4. The quantitative estimate of drug-likeness (QED) is 0.723. The van der Waals surface area contributed by atoms with E-state index in [2.05, 4.69) is 5.10 Å². The van der Waals surface area contributed by atoms with Gasteiger partial charge in [0.2, 0.25) is 0 Å². The van der Waals surface area contributed by atoms with Gasteiger partial charge in [0.15, 0.2) is 0 Å². The Kier molecular flexibility index (Phi) is 5.71. The van der Waals surface area contributed by atoms with Gasteiger partial charge in [-0.25, -0.2) is 14.3 Å².